The van der Waals surface area contributed by atoms with Crippen LogP contribution in [0.4, 0.5) is 0 Å². The van der Waals surface area contributed by atoms with Gasteiger partial charge in [0.15, 0.2) is 0 Å². The minimum absolute atomic E-state index is 0.468. The summed E-state index contributed by atoms with van der Waals surface area (Å²) in [7, 11) is 0. The molecule has 2 aromatic heterocycles. The molecule has 0 aromatic carbocycles. The molecule has 0 atom stereocenters. The molecule has 2 rings (SSSR count). The molecule has 0 aliphatic heterocycles. The van der Waals surface area contributed by atoms with Crippen molar-refractivity contribution in [3.63, 3.8) is 0 Å². The first-order valence-electron chi connectivity index (χ1n) is 6.49. The van der Waals surface area contributed by atoms with Gasteiger partial charge in [-0.25, -0.2) is 0 Å². The van der Waals surface area contributed by atoms with Gasteiger partial charge in [-0.2, -0.15) is 0 Å². The molecule has 0 bridgehead atoms. The van der Waals surface area contributed by atoms with Crippen LogP contribution >= 0.6 is 0 Å². The predicted molar refractivity (Wildman–Crippen MR) is 74.9 cm³/mol. The van der Waals surface area contributed by atoms with Crippen molar-refractivity contribution in [1.29, 1.82) is 0 Å². The minimum Gasteiger partial charge on any atom is -0.486 e. The number of aromatic nitrogens is 2. The standard InChI is InChI=1S/C15H19N3O/c1-3-16-9-13-7-8-15(10-17-13)19-11-14-6-4-5-12(2)18-14/h4-8,10,16H,3,9,11H2,1-2H3. The van der Waals surface area contributed by atoms with E-state index in [0.717, 1.165) is 35.9 Å². The lowest BCUT2D eigenvalue weighted by Gasteiger charge is -2.07. The maximum atomic E-state index is 5.66. The summed E-state index contributed by atoms with van der Waals surface area (Å²) in [5.74, 6) is 0.767. The van der Waals surface area contributed by atoms with Crippen molar-refractivity contribution < 1.29 is 4.74 Å². The summed E-state index contributed by atoms with van der Waals surface area (Å²) in [6, 6.07) is 9.83. The predicted octanol–water partition coefficient (Wildman–Crippen LogP) is 2.47. The quantitative estimate of drug-likeness (QED) is 0.863. The normalized spacial score (nSPS) is 10.4. The van der Waals surface area contributed by atoms with Crippen molar-refractivity contribution in [2.45, 2.75) is 27.0 Å². The van der Waals surface area contributed by atoms with Crippen molar-refractivity contribution in [3.8, 4) is 5.75 Å². The summed E-state index contributed by atoms with van der Waals surface area (Å²) in [6.07, 6.45) is 1.75. The van der Waals surface area contributed by atoms with Crippen LogP contribution in [0, 0.1) is 6.92 Å². The summed E-state index contributed by atoms with van der Waals surface area (Å²) in [5, 5.41) is 3.23. The zero-order valence-corrected chi connectivity index (χ0v) is 11.4. The summed E-state index contributed by atoms with van der Waals surface area (Å²) in [6.45, 7) is 6.25. The topological polar surface area (TPSA) is 47.0 Å². The van der Waals surface area contributed by atoms with Gasteiger partial charge in [0.2, 0.25) is 0 Å². The van der Waals surface area contributed by atoms with Crippen molar-refractivity contribution in [3.05, 3.63) is 53.6 Å². The van der Waals surface area contributed by atoms with Crippen molar-refractivity contribution in [2.75, 3.05) is 6.54 Å². The van der Waals surface area contributed by atoms with E-state index >= 15 is 0 Å². The molecule has 0 aliphatic rings. The van der Waals surface area contributed by atoms with Gasteiger partial charge in [-0.1, -0.05) is 13.0 Å². The Kier molecular flexibility index (Phi) is 4.86. The number of pyridine rings is 2. The fourth-order valence-electron chi connectivity index (χ4n) is 1.69. The fraction of sp³-hybridized carbons (Fsp3) is 0.333. The van der Waals surface area contributed by atoms with E-state index in [1.54, 1.807) is 6.20 Å². The largest absolute Gasteiger partial charge is 0.486 e. The molecule has 19 heavy (non-hydrogen) atoms. The van der Waals surface area contributed by atoms with E-state index in [4.69, 9.17) is 4.74 Å². The number of nitrogens with one attached hydrogen (secondary N) is 1. The second-order valence-corrected chi connectivity index (χ2v) is 4.32. The van der Waals surface area contributed by atoms with Crippen LogP contribution in [0.5, 0.6) is 5.75 Å². The first-order valence-corrected chi connectivity index (χ1v) is 6.49. The van der Waals surface area contributed by atoms with E-state index in [-0.39, 0.29) is 0 Å². The number of ether oxygens (including phenoxy) is 1. The van der Waals surface area contributed by atoms with Gasteiger partial charge >= 0.3 is 0 Å². The molecule has 0 unspecified atom stereocenters. The molecule has 0 radical (unpaired) electrons. The summed E-state index contributed by atoms with van der Waals surface area (Å²) in [4.78, 5) is 8.73. The Labute approximate surface area is 113 Å². The molecule has 0 spiro atoms. The SMILES string of the molecule is CCNCc1ccc(OCc2cccc(C)n2)cn1. The van der Waals surface area contributed by atoms with Gasteiger partial charge < -0.3 is 10.1 Å². The second kappa shape index (κ2) is 6.85. The van der Waals surface area contributed by atoms with Crippen LogP contribution in [0.3, 0.4) is 0 Å². The first-order chi connectivity index (χ1) is 9.28. The van der Waals surface area contributed by atoms with Crippen LogP contribution in [0.25, 0.3) is 0 Å². The monoisotopic (exact) mass is 257 g/mol. The van der Waals surface area contributed by atoms with Gasteiger partial charge in [0.25, 0.3) is 0 Å². The highest BCUT2D eigenvalue weighted by atomic mass is 16.5. The van der Waals surface area contributed by atoms with E-state index < -0.39 is 0 Å². The summed E-state index contributed by atoms with van der Waals surface area (Å²) in [5.41, 5.74) is 2.94. The van der Waals surface area contributed by atoms with E-state index in [9.17, 15) is 0 Å². The number of aryl methyl sites for hydroxylation is 1. The summed E-state index contributed by atoms with van der Waals surface area (Å²) < 4.78 is 5.66. The number of rotatable bonds is 6. The Hall–Kier alpha value is -1.94. The molecule has 0 saturated carbocycles. The van der Waals surface area contributed by atoms with E-state index in [1.807, 2.05) is 37.3 Å². The Morgan fingerprint density at radius 2 is 2.05 bits per heavy atom. The van der Waals surface area contributed by atoms with Crippen LogP contribution in [0.1, 0.15) is 24.0 Å². The Morgan fingerprint density at radius 1 is 1.16 bits per heavy atom. The van der Waals surface area contributed by atoms with Crippen molar-refractivity contribution in [2.24, 2.45) is 0 Å². The average molecular weight is 257 g/mol. The minimum atomic E-state index is 0.468. The number of hydrogen-bond acceptors (Lipinski definition) is 4. The molecular formula is C15H19N3O. The molecule has 100 valence electrons. The van der Waals surface area contributed by atoms with E-state index in [0.29, 0.717) is 6.61 Å². The highest BCUT2D eigenvalue weighted by Gasteiger charge is 1.99. The van der Waals surface area contributed by atoms with E-state index in [2.05, 4.69) is 22.2 Å². The van der Waals surface area contributed by atoms with Gasteiger partial charge in [0.1, 0.15) is 12.4 Å². The molecule has 0 fully saturated rings. The smallest absolute Gasteiger partial charge is 0.138 e. The molecule has 0 saturated heterocycles. The zero-order chi connectivity index (χ0) is 13.5. The molecule has 0 aliphatic carbocycles. The van der Waals surface area contributed by atoms with Crippen LogP contribution in [0.2, 0.25) is 0 Å². The lowest BCUT2D eigenvalue weighted by Crippen LogP contribution is -2.12. The molecule has 2 aromatic rings. The highest BCUT2D eigenvalue weighted by Crippen LogP contribution is 2.11. The maximum Gasteiger partial charge on any atom is 0.138 e. The molecule has 0 amide bonds. The zero-order valence-electron chi connectivity index (χ0n) is 11.4. The maximum absolute atomic E-state index is 5.66. The van der Waals surface area contributed by atoms with Crippen molar-refractivity contribution >= 4 is 0 Å². The van der Waals surface area contributed by atoms with Gasteiger partial charge in [0, 0.05) is 12.2 Å². The molecular weight excluding hydrogens is 238 g/mol. The lowest BCUT2D eigenvalue weighted by molar-refractivity contribution is 0.299. The fourth-order valence-corrected chi connectivity index (χ4v) is 1.69. The van der Waals surface area contributed by atoms with Crippen LogP contribution in [0.15, 0.2) is 36.5 Å². The molecule has 4 heteroatoms. The Bertz CT molecular complexity index is 511. The first kappa shape index (κ1) is 13.5. The third-order valence-corrected chi connectivity index (χ3v) is 2.69. The third kappa shape index (κ3) is 4.34. The molecule has 4 nitrogen and oxygen atoms in total. The van der Waals surface area contributed by atoms with Gasteiger partial charge in [-0.15, -0.1) is 0 Å². The van der Waals surface area contributed by atoms with Gasteiger partial charge in [0.05, 0.1) is 17.6 Å². The van der Waals surface area contributed by atoms with Crippen LogP contribution in [-0.4, -0.2) is 16.5 Å². The van der Waals surface area contributed by atoms with Crippen LogP contribution in [-0.2, 0) is 13.2 Å². The number of hydrogen-bond donors (Lipinski definition) is 1. The lowest BCUT2D eigenvalue weighted by atomic mass is 10.3. The Morgan fingerprint density at radius 3 is 2.74 bits per heavy atom. The van der Waals surface area contributed by atoms with E-state index in [1.165, 1.54) is 0 Å². The van der Waals surface area contributed by atoms with Crippen molar-refractivity contribution in [1.82, 2.24) is 15.3 Å². The average Bonchev–Trinajstić information content (AvgIpc) is 2.44. The van der Waals surface area contributed by atoms with Gasteiger partial charge in [-0.3, -0.25) is 9.97 Å². The molecule has 2 heterocycles. The number of nitrogens with zero attached hydrogens (tertiary/aromatic N) is 2. The van der Waals surface area contributed by atoms with Gasteiger partial charge in [-0.05, 0) is 37.7 Å². The second-order valence-electron chi connectivity index (χ2n) is 4.32. The summed E-state index contributed by atoms with van der Waals surface area (Å²) >= 11 is 0. The highest BCUT2D eigenvalue weighted by molar-refractivity contribution is 5.20. The Balaban J connectivity index is 1.89. The third-order valence-electron chi connectivity index (χ3n) is 2.69. The van der Waals surface area contributed by atoms with Crippen LogP contribution < -0.4 is 10.1 Å². The molecule has 1 N–H and O–H groups in total.